The first kappa shape index (κ1) is 13.1. The first-order chi connectivity index (χ1) is 9.15. The van der Waals surface area contributed by atoms with Crippen molar-refractivity contribution in [3.63, 3.8) is 0 Å². The van der Waals surface area contributed by atoms with Crippen molar-refractivity contribution in [3.05, 3.63) is 11.6 Å². The van der Waals surface area contributed by atoms with Crippen LogP contribution in [0.25, 0.3) is 0 Å². The lowest BCUT2D eigenvalue weighted by Crippen LogP contribution is -2.36. The van der Waals surface area contributed by atoms with Gasteiger partial charge in [-0.25, -0.2) is 9.67 Å². The van der Waals surface area contributed by atoms with Gasteiger partial charge in [0.05, 0.1) is 0 Å². The molecule has 0 aliphatic carbocycles. The Morgan fingerprint density at radius 3 is 2.74 bits per heavy atom. The topological polar surface area (TPSA) is 34.0 Å². The Balaban J connectivity index is 1.73. The highest BCUT2D eigenvalue weighted by atomic mass is 15.4. The number of aryl methyl sites for hydroxylation is 1. The van der Waals surface area contributed by atoms with Gasteiger partial charge in [0.2, 0.25) is 0 Å². The molecule has 1 aromatic rings. The maximum absolute atomic E-state index is 4.81. The van der Waals surface area contributed by atoms with Crippen LogP contribution in [0.4, 0.5) is 0 Å². The Labute approximate surface area is 116 Å². The third kappa shape index (κ3) is 2.55. The number of hydrogen-bond acceptors (Lipinski definition) is 3. The van der Waals surface area contributed by atoms with Crippen LogP contribution >= 0.6 is 0 Å². The van der Waals surface area contributed by atoms with Gasteiger partial charge in [-0.2, -0.15) is 5.10 Å². The van der Waals surface area contributed by atoms with Crippen LogP contribution < -0.4 is 0 Å². The third-order valence-corrected chi connectivity index (χ3v) is 4.70. The van der Waals surface area contributed by atoms with Crippen molar-refractivity contribution < 1.29 is 0 Å². The van der Waals surface area contributed by atoms with Crippen LogP contribution in [-0.2, 0) is 13.0 Å². The Morgan fingerprint density at radius 2 is 2.00 bits per heavy atom. The van der Waals surface area contributed by atoms with Crippen molar-refractivity contribution in [2.45, 2.75) is 77.4 Å². The van der Waals surface area contributed by atoms with Gasteiger partial charge in [-0.15, -0.1) is 0 Å². The molecule has 0 N–H and O–H groups in total. The Morgan fingerprint density at radius 1 is 1.21 bits per heavy atom. The summed E-state index contributed by atoms with van der Waals surface area (Å²) in [7, 11) is 0. The number of rotatable bonds is 3. The van der Waals surface area contributed by atoms with Crippen molar-refractivity contribution in [2.75, 3.05) is 6.54 Å². The Bertz CT molecular complexity index is 437. The molecule has 19 heavy (non-hydrogen) atoms. The minimum Gasteiger partial charge on any atom is -0.298 e. The maximum atomic E-state index is 4.81. The molecule has 106 valence electrons. The summed E-state index contributed by atoms with van der Waals surface area (Å²) in [6.45, 7) is 9.18. The summed E-state index contributed by atoms with van der Waals surface area (Å²) >= 11 is 0. The van der Waals surface area contributed by atoms with Gasteiger partial charge < -0.3 is 0 Å². The molecule has 0 amide bonds. The molecule has 1 aromatic heterocycles. The van der Waals surface area contributed by atoms with E-state index in [0.29, 0.717) is 18.0 Å². The molecule has 0 radical (unpaired) electrons. The number of nitrogens with zero attached hydrogens (tertiary/aromatic N) is 4. The maximum Gasteiger partial charge on any atom is 0.152 e. The van der Waals surface area contributed by atoms with E-state index in [4.69, 9.17) is 10.1 Å². The fourth-order valence-electron chi connectivity index (χ4n) is 3.66. The van der Waals surface area contributed by atoms with Gasteiger partial charge in [-0.3, -0.25) is 4.90 Å². The quantitative estimate of drug-likeness (QED) is 0.839. The standard InChI is InChI=1S/C15H26N4/c1-11(2)18-8-5-7-13(18)10-14-16-15-12(3)6-4-9-19(15)17-14/h11-13H,4-10H2,1-3H3. The van der Waals surface area contributed by atoms with Crippen LogP contribution in [0.15, 0.2) is 0 Å². The first-order valence-corrected chi connectivity index (χ1v) is 7.84. The molecule has 4 nitrogen and oxygen atoms in total. The van der Waals surface area contributed by atoms with Gasteiger partial charge in [0.15, 0.2) is 5.82 Å². The molecule has 0 spiro atoms. The molecule has 1 saturated heterocycles. The summed E-state index contributed by atoms with van der Waals surface area (Å²) < 4.78 is 2.15. The van der Waals surface area contributed by atoms with Gasteiger partial charge >= 0.3 is 0 Å². The molecule has 2 aliphatic rings. The summed E-state index contributed by atoms with van der Waals surface area (Å²) in [5, 5.41) is 4.74. The van der Waals surface area contributed by atoms with E-state index in [9.17, 15) is 0 Å². The number of fused-ring (bicyclic) bond motifs is 1. The van der Waals surface area contributed by atoms with E-state index < -0.39 is 0 Å². The normalized spacial score (nSPS) is 28.0. The van der Waals surface area contributed by atoms with E-state index in [2.05, 4.69) is 30.4 Å². The fraction of sp³-hybridized carbons (Fsp3) is 0.867. The van der Waals surface area contributed by atoms with Crippen LogP contribution in [0, 0.1) is 0 Å². The van der Waals surface area contributed by atoms with Gasteiger partial charge in [0.1, 0.15) is 5.82 Å². The third-order valence-electron chi connectivity index (χ3n) is 4.70. The summed E-state index contributed by atoms with van der Waals surface area (Å²) in [5.41, 5.74) is 0. The fourth-order valence-corrected chi connectivity index (χ4v) is 3.66. The van der Waals surface area contributed by atoms with Crippen LogP contribution in [-0.4, -0.2) is 38.3 Å². The average molecular weight is 262 g/mol. The zero-order valence-electron chi connectivity index (χ0n) is 12.5. The second-order valence-electron chi connectivity index (χ2n) is 6.48. The summed E-state index contributed by atoms with van der Waals surface area (Å²) in [4.78, 5) is 7.43. The lowest BCUT2D eigenvalue weighted by atomic mass is 10.0. The minimum absolute atomic E-state index is 0.583. The second-order valence-corrected chi connectivity index (χ2v) is 6.48. The Kier molecular flexibility index (Phi) is 3.61. The predicted molar refractivity (Wildman–Crippen MR) is 76.2 cm³/mol. The average Bonchev–Trinajstić information content (AvgIpc) is 2.96. The zero-order valence-corrected chi connectivity index (χ0v) is 12.5. The monoisotopic (exact) mass is 262 g/mol. The van der Waals surface area contributed by atoms with E-state index in [0.717, 1.165) is 18.8 Å². The molecule has 0 saturated carbocycles. The van der Waals surface area contributed by atoms with Crippen molar-refractivity contribution >= 4 is 0 Å². The van der Waals surface area contributed by atoms with Crippen molar-refractivity contribution in [3.8, 4) is 0 Å². The number of aromatic nitrogens is 3. The largest absolute Gasteiger partial charge is 0.298 e. The van der Waals surface area contributed by atoms with Gasteiger partial charge in [0.25, 0.3) is 0 Å². The molecular formula is C15H26N4. The molecule has 3 rings (SSSR count). The van der Waals surface area contributed by atoms with E-state index in [1.165, 1.54) is 38.1 Å². The number of likely N-dealkylation sites (tertiary alicyclic amines) is 1. The zero-order chi connectivity index (χ0) is 13.4. The molecule has 2 atom stereocenters. The lowest BCUT2D eigenvalue weighted by molar-refractivity contribution is 0.201. The van der Waals surface area contributed by atoms with Crippen molar-refractivity contribution in [1.82, 2.24) is 19.7 Å². The van der Waals surface area contributed by atoms with E-state index >= 15 is 0 Å². The highest BCUT2D eigenvalue weighted by Gasteiger charge is 2.29. The van der Waals surface area contributed by atoms with Crippen LogP contribution in [0.3, 0.4) is 0 Å². The van der Waals surface area contributed by atoms with Crippen LogP contribution in [0.2, 0.25) is 0 Å². The van der Waals surface area contributed by atoms with Gasteiger partial charge in [-0.05, 0) is 46.1 Å². The molecule has 0 aromatic carbocycles. The molecular weight excluding hydrogens is 236 g/mol. The van der Waals surface area contributed by atoms with E-state index in [1.807, 2.05) is 0 Å². The van der Waals surface area contributed by atoms with Crippen LogP contribution in [0.5, 0.6) is 0 Å². The number of hydrogen-bond donors (Lipinski definition) is 0. The molecule has 2 unspecified atom stereocenters. The molecule has 3 heterocycles. The highest BCUT2D eigenvalue weighted by molar-refractivity contribution is 5.03. The lowest BCUT2D eigenvalue weighted by Gasteiger charge is -2.27. The van der Waals surface area contributed by atoms with Crippen molar-refractivity contribution in [1.29, 1.82) is 0 Å². The summed E-state index contributed by atoms with van der Waals surface area (Å²) in [6, 6.07) is 1.29. The van der Waals surface area contributed by atoms with Crippen molar-refractivity contribution in [2.24, 2.45) is 0 Å². The van der Waals surface area contributed by atoms with E-state index in [-0.39, 0.29) is 0 Å². The minimum atomic E-state index is 0.583. The summed E-state index contributed by atoms with van der Waals surface area (Å²) in [5.74, 6) is 2.87. The Hall–Kier alpha value is -0.900. The SMILES string of the molecule is CC1CCCn2nc(CC3CCCN3C(C)C)nc21. The summed E-state index contributed by atoms with van der Waals surface area (Å²) in [6.07, 6.45) is 6.17. The smallest absolute Gasteiger partial charge is 0.152 e. The van der Waals surface area contributed by atoms with Crippen LogP contribution in [0.1, 0.15) is 64.0 Å². The molecule has 1 fully saturated rings. The predicted octanol–water partition coefficient (Wildman–Crippen LogP) is 2.59. The second kappa shape index (κ2) is 5.23. The molecule has 0 bridgehead atoms. The van der Waals surface area contributed by atoms with Gasteiger partial charge in [-0.1, -0.05) is 6.92 Å². The molecule has 4 heteroatoms. The van der Waals surface area contributed by atoms with E-state index in [1.54, 1.807) is 0 Å². The van der Waals surface area contributed by atoms with Gasteiger partial charge in [0, 0.05) is 31.0 Å². The molecule has 2 aliphatic heterocycles. The first-order valence-electron chi connectivity index (χ1n) is 7.84. The highest BCUT2D eigenvalue weighted by Crippen LogP contribution is 2.26.